The molecule has 0 radical (unpaired) electrons. The highest BCUT2D eigenvalue weighted by Crippen LogP contribution is 2.22. The van der Waals surface area contributed by atoms with Crippen LogP contribution >= 0.6 is 0 Å². The van der Waals surface area contributed by atoms with Gasteiger partial charge in [-0.15, -0.1) is 0 Å². The summed E-state index contributed by atoms with van der Waals surface area (Å²) < 4.78 is 11.2. The molecule has 1 saturated carbocycles. The van der Waals surface area contributed by atoms with Crippen LogP contribution in [0.25, 0.3) is 0 Å². The van der Waals surface area contributed by atoms with Gasteiger partial charge in [0.2, 0.25) is 0 Å². The Morgan fingerprint density at radius 3 is 2.35 bits per heavy atom. The van der Waals surface area contributed by atoms with Crippen LogP contribution in [0.4, 0.5) is 4.79 Å². The lowest BCUT2D eigenvalue weighted by atomic mass is 9.93. The fraction of sp³-hybridized carbons (Fsp3) is 0.600. The molecule has 1 aromatic rings. The third-order valence-electron chi connectivity index (χ3n) is 4.41. The first kappa shape index (κ1) is 20.1. The zero-order valence-corrected chi connectivity index (χ0v) is 16.0. The maximum absolute atomic E-state index is 12.0. The maximum atomic E-state index is 12.0. The zero-order valence-electron chi connectivity index (χ0n) is 16.0. The normalized spacial score (nSPS) is 19.5. The molecule has 0 atom stereocenters. The SMILES string of the molecule is CCNC(=O)NC1CCC(OC(=O)CCOc2cc(C)cc(C)c2)CC1. The highest BCUT2D eigenvalue weighted by Gasteiger charge is 2.24. The van der Waals surface area contributed by atoms with E-state index in [0.717, 1.165) is 42.6 Å². The molecule has 1 aliphatic carbocycles. The van der Waals surface area contributed by atoms with E-state index in [9.17, 15) is 9.59 Å². The summed E-state index contributed by atoms with van der Waals surface area (Å²) in [6.07, 6.45) is 3.39. The lowest BCUT2D eigenvalue weighted by molar-refractivity contribution is -0.151. The van der Waals surface area contributed by atoms with Crippen molar-refractivity contribution >= 4 is 12.0 Å². The summed E-state index contributed by atoms with van der Waals surface area (Å²) in [5.74, 6) is 0.557. The Kier molecular flexibility index (Phi) is 7.75. The van der Waals surface area contributed by atoms with E-state index in [1.54, 1.807) is 0 Å². The average Bonchev–Trinajstić information content (AvgIpc) is 2.56. The van der Waals surface area contributed by atoms with Crippen molar-refractivity contribution < 1.29 is 19.1 Å². The molecular weight excluding hydrogens is 332 g/mol. The van der Waals surface area contributed by atoms with Crippen LogP contribution in [-0.2, 0) is 9.53 Å². The molecule has 0 aliphatic heterocycles. The molecule has 1 aromatic carbocycles. The van der Waals surface area contributed by atoms with Crippen LogP contribution in [0.1, 0.15) is 50.2 Å². The number of hydrogen-bond acceptors (Lipinski definition) is 4. The van der Waals surface area contributed by atoms with Crippen LogP contribution < -0.4 is 15.4 Å². The van der Waals surface area contributed by atoms with Crippen LogP contribution in [-0.4, -0.2) is 37.3 Å². The Balaban J connectivity index is 1.63. The summed E-state index contributed by atoms with van der Waals surface area (Å²) in [5, 5.41) is 5.68. The van der Waals surface area contributed by atoms with Crippen LogP contribution in [0.3, 0.4) is 0 Å². The van der Waals surface area contributed by atoms with Gasteiger partial charge in [0.25, 0.3) is 0 Å². The molecular formula is C20H30N2O4. The largest absolute Gasteiger partial charge is 0.493 e. The van der Waals surface area contributed by atoms with Crippen molar-refractivity contribution in [3.8, 4) is 5.75 Å². The second kappa shape index (κ2) is 10.0. The molecule has 6 heteroatoms. The van der Waals surface area contributed by atoms with Gasteiger partial charge >= 0.3 is 12.0 Å². The third kappa shape index (κ3) is 6.94. The molecule has 0 saturated heterocycles. The highest BCUT2D eigenvalue weighted by atomic mass is 16.5. The molecule has 2 N–H and O–H groups in total. The Hall–Kier alpha value is -2.24. The van der Waals surface area contributed by atoms with Gasteiger partial charge in [0.1, 0.15) is 11.9 Å². The van der Waals surface area contributed by atoms with Gasteiger partial charge in [-0.2, -0.15) is 0 Å². The fourth-order valence-electron chi connectivity index (χ4n) is 3.24. The van der Waals surface area contributed by atoms with Crippen LogP contribution in [0.2, 0.25) is 0 Å². The summed E-state index contributed by atoms with van der Waals surface area (Å²) in [4.78, 5) is 23.5. The number of nitrogens with one attached hydrogen (secondary N) is 2. The van der Waals surface area contributed by atoms with Crippen molar-refractivity contribution in [2.24, 2.45) is 0 Å². The highest BCUT2D eigenvalue weighted by molar-refractivity contribution is 5.74. The minimum atomic E-state index is -0.227. The summed E-state index contributed by atoms with van der Waals surface area (Å²) in [6.45, 7) is 6.86. The predicted octanol–water partition coefficient (Wildman–Crippen LogP) is 3.25. The number of esters is 1. The Morgan fingerprint density at radius 2 is 1.73 bits per heavy atom. The zero-order chi connectivity index (χ0) is 18.9. The van der Waals surface area contributed by atoms with Crippen LogP contribution in [0, 0.1) is 13.8 Å². The van der Waals surface area contributed by atoms with E-state index in [2.05, 4.69) is 16.7 Å². The lowest BCUT2D eigenvalue weighted by Crippen LogP contribution is -2.44. The van der Waals surface area contributed by atoms with Gasteiger partial charge in [-0.3, -0.25) is 4.79 Å². The van der Waals surface area contributed by atoms with Crippen molar-refractivity contribution in [2.75, 3.05) is 13.2 Å². The van der Waals surface area contributed by atoms with Crippen molar-refractivity contribution in [2.45, 2.75) is 65.0 Å². The summed E-state index contributed by atoms with van der Waals surface area (Å²) >= 11 is 0. The van der Waals surface area contributed by atoms with Crippen LogP contribution in [0.5, 0.6) is 5.75 Å². The number of ether oxygens (including phenoxy) is 2. The molecule has 0 aromatic heterocycles. The van der Waals surface area contributed by atoms with E-state index < -0.39 is 0 Å². The van der Waals surface area contributed by atoms with Gasteiger partial charge in [0, 0.05) is 12.6 Å². The molecule has 2 amide bonds. The molecule has 1 fully saturated rings. The van der Waals surface area contributed by atoms with E-state index in [1.807, 2.05) is 32.9 Å². The number of hydrogen-bond donors (Lipinski definition) is 2. The van der Waals surface area contributed by atoms with Crippen molar-refractivity contribution in [3.05, 3.63) is 29.3 Å². The van der Waals surface area contributed by atoms with E-state index >= 15 is 0 Å². The van der Waals surface area contributed by atoms with Gasteiger partial charge in [-0.25, -0.2) is 4.79 Å². The molecule has 26 heavy (non-hydrogen) atoms. The summed E-state index contributed by atoms with van der Waals surface area (Å²) in [5.41, 5.74) is 2.28. The number of amides is 2. The van der Waals surface area contributed by atoms with Gasteiger partial charge in [-0.1, -0.05) is 6.07 Å². The van der Waals surface area contributed by atoms with Crippen LogP contribution in [0.15, 0.2) is 18.2 Å². The Bertz CT molecular complexity index is 590. The molecule has 1 aliphatic rings. The van der Waals surface area contributed by atoms with E-state index in [1.165, 1.54) is 0 Å². The monoisotopic (exact) mass is 362 g/mol. The van der Waals surface area contributed by atoms with E-state index in [-0.39, 0.29) is 30.6 Å². The molecule has 0 spiro atoms. The van der Waals surface area contributed by atoms with E-state index in [4.69, 9.17) is 9.47 Å². The second-order valence-electron chi connectivity index (χ2n) is 6.89. The molecule has 2 rings (SSSR count). The lowest BCUT2D eigenvalue weighted by Gasteiger charge is -2.28. The number of rotatable bonds is 7. The smallest absolute Gasteiger partial charge is 0.314 e. The van der Waals surface area contributed by atoms with Crippen molar-refractivity contribution in [1.29, 1.82) is 0 Å². The van der Waals surface area contributed by atoms with Crippen molar-refractivity contribution in [1.82, 2.24) is 10.6 Å². The average molecular weight is 362 g/mol. The Morgan fingerprint density at radius 1 is 1.08 bits per heavy atom. The first-order valence-electron chi connectivity index (χ1n) is 9.41. The van der Waals surface area contributed by atoms with Crippen molar-refractivity contribution in [3.63, 3.8) is 0 Å². The summed E-state index contributed by atoms with van der Waals surface area (Å²) in [7, 11) is 0. The quantitative estimate of drug-likeness (QED) is 0.730. The standard InChI is InChI=1S/C20H30N2O4/c1-4-21-20(24)22-16-5-7-17(8-6-16)26-19(23)9-10-25-18-12-14(2)11-15(3)13-18/h11-13,16-17H,4-10H2,1-3H3,(H2,21,22,24). The number of urea groups is 1. The topological polar surface area (TPSA) is 76.7 Å². The molecule has 0 bridgehead atoms. The van der Waals surface area contributed by atoms with E-state index in [0.29, 0.717) is 13.2 Å². The minimum Gasteiger partial charge on any atom is -0.493 e. The third-order valence-corrected chi connectivity index (χ3v) is 4.41. The molecule has 144 valence electrons. The van der Waals surface area contributed by atoms with Gasteiger partial charge < -0.3 is 20.1 Å². The summed E-state index contributed by atoms with van der Waals surface area (Å²) in [6, 6.07) is 6.03. The first-order chi connectivity index (χ1) is 12.5. The van der Waals surface area contributed by atoms with Gasteiger partial charge in [0.05, 0.1) is 13.0 Å². The fourth-order valence-corrected chi connectivity index (χ4v) is 3.24. The molecule has 6 nitrogen and oxygen atoms in total. The maximum Gasteiger partial charge on any atom is 0.314 e. The Labute approximate surface area is 155 Å². The van der Waals surface area contributed by atoms with Gasteiger partial charge in [-0.05, 0) is 69.7 Å². The number of benzene rings is 1. The minimum absolute atomic E-state index is 0.0593. The number of aryl methyl sites for hydroxylation is 2. The molecule has 0 unspecified atom stereocenters. The predicted molar refractivity (Wildman–Crippen MR) is 100 cm³/mol. The molecule has 0 heterocycles. The second-order valence-corrected chi connectivity index (χ2v) is 6.89. The number of carbonyl (C=O) groups is 2. The van der Waals surface area contributed by atoms with Gasteiger partial charge in [0.15, 0.2) is 0 Å². The first-order valence-corrected chi connectivity index (χ1v) is 9.41. The number of carbonyl (C=O) groups excluding carboxylic acids is 2.